The summed E-state index contributed by atoms with van der Waals surface area (Å²) in [6.45, 7) is 2.94. The molecule has 1 aliphatic heterocycles. The van der Waals surface area contributed by atoms with Gasteiger partial charge in [-0.3, -0.25) is 14.5 Å². The van der Waals surface area contributed by atoms with Crippen molar-refractivity contribution in [3.63, 3.8) is 0 Å². The van der Waals surface area contributed by atoms with Crippen molar-refractivity contribution in [2.24, 2.45) is 5.92 Å². The lowest BCUT2D eigenvalue weighted by Gasteiger charge is -2.23. The number of nitrogens with one attached hydrogen (secondary N) is 2. The molecule has 1 saturated heterocycles. The number of imide groups is 1. The van der Waals surface area contributed by atoms with E-state index < -0.39 is 42.0 Å². The van der Waals surface area contributed by atoms with Crippen molar-refractivity contribution in [1.29, 1.82) is 0 Å². The van der Waals surface area contributed by atoms with Gasteiger partial charge in [-0.05, 0) is 55.9 Å². The third-order valence-electron chi connectivity index (χ3n) is 6.09. The Morgan fingerprint density at radius 3 is 2.32 bits per heavy atom. The number of urea groups is 1. The van der Waals surface area contributed by atoms with Crippen LogP contribution in [0, 0.1) is 12.8 Å². The van der Waals surface area contributed by atoms with E-state index in [2.05, 4.69) is 15.4 Å². The molecule has 1 heterocycles. The fraction of sp³-hybridized carbons (Fsp3) is 0.375. The first kappa shape index (κ1) is 23.6. The molecule has 4 rings (SSSR count). The molecule has 2 aromatic carbocycles. The normalized spacial score (nSPS) is 21.3. The highest BCUT2D eigenvalue weighted by Gasteiger charge is 2.49. The molecule has 180 valence electrons. The van der Waals surface area contributed by atoms with Gasteiger partial charge in [0.05, 0.1) is 6.04 Å². The first-order valence-corrected chi connectivity index (χ1v) is 10.8. The van der Waals surface area contributed by atoms with Crippen LogP contribution in [0.15, 0.2) is 48.5 Å². The van der Waals surface area contributed by atoms with Gasteiger partial charge < -0.3 is 15.4 Å². The molecule has 0 spiro atoms. The van der Waals surface area contributed by atoms with Crippen LogP contribution >= 0.6 is 0 Å². The summed E-state index contributed by atoms with van der Waals surface area (Å²) >= 11 is 0. The van der Waals surface area contributed by atoms with Crippen LogP contribution in [0.4, 0.5) is 18.0 Å². The molecule has 2 unspecified atom stereocenters. The van der Waals surface area contributed by atoms with Gasteiger partial charge in [0.25, 0.3) is 5.91 Å². The van der Waals surface area contributed by atoms with E-state index in [4.69, 9.17) is 0 Å². The van der Waals surface area contributed by atoms with E-state index in [0.29, 0.717) is 5.92 Å². The second kappa shape index (κ2) is 8.66. The van der Waals surface area contributed by atoms with E-state index >= 15 is 0 Å². The molecular formula is C24H24F3N3O4. The summed E-state index contributed by atoms with van der Waals surface area (Å²) < 4.78 is 41.0. The second-order valence-corrected chi connectivity index (χ2v) is 8.81. The lowest BCUT2D eigenvalue weighted by molar-refractivity contribution is -0.274. The number of amides is 4. The number of carbonyl (C=O) groups excluding carboxylic acids is 3. The van der Waals surface area contributed by atoms with Crippen molar-refractivity contribution < 1.29 is 32.3 Å². The molecule has 10 heteroatoms. The van der Waals surface area contributed by atoms with Crippen LogP contribution in [0.5, 0.6) is 5.75 Å². The number of carbonyl (C=O) groups is 3. The molecule has 2 aromatic rings. The quantitative estimate of drug-likeness (QED) is 0.594. The average Bonchev–Trinajstić information content (AvgIpc) is 3.57. The Morgan fingerprint density at radius 1 is 1.15 bits per heavy atom. The van der Waals surface area contributed by atoms with E-state index in [1.807, 2.05) is 31.2 Å². The monoisotopic (exact) mass is 475 g/mol. The first-order chi connectivity index (χ1) is 16.0. The molecule has 4 amide bonds. The van der Waals surface area contributed by atoms with Gasteiger partial charge in [-0.25, -0.2) is 4.79 Å². The van der Waals surface area contributed by atoms with Crippen molar-refractivity contribution in [2.75, 3.05) is 6.54 Å². The number of ether oxygens (including phenoxy) is 1. The number of halogens is 3. The first-order valence-electron chi connectivity index (χ1n) is 10.8. The molecule has 2 fully saturated rings. The summed E-state index contributed by atoms with van der Waals surface area (Å²) in [6, 6.07) is 11.5. The smallest absolute Gasteiger partial charge is 0.406 e. The highest BCUT2D eigenvalue weighted by molar-refractivity contribution is 6.09. The SMILES string of the molecule is Cc1ccc(C(NC(=O)CN2C(=O)NC(C)(c3ccc(OC(F)(F)F)cc3)C2=O)C2CC2)cc1. The van der Waals surface area contributed by atoms with Gasteiger partial charge in [0.2, 0.25) is 5.91 Å². The van der Waals surface area contributed by atoms with Crippen LogP contribution in [0.3, 0.4) is 0 Å². The highest BCUT2D eigenvalue weighted by Crippen LogP contribution is 2.41. The molecule has 0 aromatic heterocycles. The molecule has 1 aliphatic carbocycles. The van der Waals surface area contributed by atoms with Gasteiger partial charge in [-0.1, -0.05) is 42.0 Å². The molecule has 2 aliphatic rings. The van der Waals surface area contributed by atoms with Crippen LogP contribution < -0.4 is 15.4 Å². The predicted octanol–water partition coefficient (Wildman–Crippen LogP) is 3.93. The maximum Gasteiger partial charge on any atom is 0.573 e. The summed E-state index contributed by atoms with van der Waals surface area (Å²) in [5.41, 5.74) is 0.797. The number of aryl methyl sites for hydroxylation is 1. The zero-order valence-electron chi connectivity index (χ0n) is 18.6. The Kier molecular flexibility index (Phi) is 6.01. The molecule has 34 heavy (non-hydrogen) atoms. The van der Waals surface area contributed by atoms with E-state index in [1.165, 1.54) is 19.1 Å². The van der Waals surface area contributed by atoms with E-state index in [1.54, 1.807) is 0 Å². The van der Waals surface area contributed by atoms with Crippen LogP contribution in [-0.4, -0.2) is 35.7 Å². The molecule has 2 atom stereocenters. The summed E-state index contributed by atoms with van der Waals surface area (Å²) in [7, 11) is 0. The Labute approximate surface area is 194 Å². The largest absolute Gasteiger partial charge is 0.573 e. The van der Waals surface area contributed by atoms with E-state index in [-0.39, 0.29) is 11.6 Å². The Bertz CT molecular complexity index is 1100. The van der Waals surface area contributed by atoms with Crippen molar-refractivity contribution in [3.8, 4) is 5.75 Å². The number of nitrogens with zero attached hydrogens (tertiary/aromatic N) is 1. The minimum Gasteiger partial charge on any atom is -0.406 e. The minimum absolute atomic E-state index is 0.207. The molecule has 0 bridgehead atoms. The summed E-state index contributed by atoms with van der Waals surface area (Å²) in [5, 5.41) is 5.48. The van der Waals surface area contributed by atoms with Gasteiger partial charge in [0, 0.05) is 0 Å². The highest BCUT2D eigenvalue weighted by atomic mass is 19.4. The van der Waals surface area contributed by atoms with Crippen molar-refractivity contribution in [2.45, 2.75) is 44.6 Å². The summed E-state index contributed by atoms with van der Waals surface area (Å²) in [6.07, 6.45) is -2.88. The number of hydrogen-bond donors (Lipinski definition) is 2. The maximum atomic E-state index is 13.1. The Balaban J connectivity index is 1.45. The predicted molar refractivity (Wildman–Crippen MR) is 116 cm³/mol. The molecule has 1 saturated carbocycles. The van der Waals surface area contributed by atoms with Crippen LogP contribution in [0.2, 0.25) is 0 Å². The molecule has 7 nitrogen and oxygen atoms in total. The van der Waals surface area contributed by atoms with E-state index in [9.17, 15) is 27.6 Å². The van der Waals surface area contributed by atoms with E-state index in [0.717, 1.165) is 41.0 Å². The average molecular weight is 475 g/mol. The van der Waals surface area contributed by atoms with Crippen LogP contribution in [0.1, 0.15) is 42.5 Å². The van der Waals surface area contributed by atoms with Gasteiger partial charge in [0.15, 0.2) is 0 Å². The van der Waals surface area contributed by atoms with Gasteiger partial charge in [-0.2, -0.15) is 0 Å². The Hall–Kier alpha value is -3.56. The third-order valence-corrected chi connectivity index (χ3v) is 6.09. The molecule has 2 N–H and O–H groups in total. The summed E-state index contributed by atoms with van der Waals surface area (Å²) in [4.78, 5) is 39.2. The topological polar surface area (TPSA) is 87.7 Å². The number of alkyl halides is 3. The molecular weight excluding hydrogens is 451 g/mol. The van der Waals surface area contributed by atoms with Gasteiger partial charge in [0.1, 0.15) is 17.8 Å². The lowest BCUT2D eigenvalue weighted by atomic mass is 9.92. The van der Waals surface area contributed by atoms with Crippen molar-refractivity contribution >= 4 is 17.8 Å². The zero-order valence-corrected chi connectivity index (χ0v) is 18.6. The Morgan fingerprint density at radius 2 is 1.76 bits per heavy atom. The standard InChI is InChI=1S/C24H24F3N3O4/c1-14-3-5-15(6-4-14)20(16-7-8-16)28-19(31)13-30-21(32)23(2,29-22(30)33)17-9-11-18(12-10-17)34-24(25,26)27/h3-6,9-12,16,20H,7-8,13H2,1-2H3,(H,28,31)(H,29,33). The lowest BCUT2D eigenvalue weighted by Crippen LogP contribution is -2.44. The second-order valence-electron chi connectivity index (χ2n) is 8.81. The number of rotatable bonds is 7. The summed E-state index contributed by atoms with van der Waals surface area (Å²) in [5.74, 6) is -1.29. The fourth-order valence-corrected chi connectivity index (χ4v) is 4.07. The van der Waals surface area contributed by atoms with Crippen molar-refractivity contribution in [1.82, 2.24) is 15.5 Å². The molecule has 0 radical (unpaired) electrons. The number of benzene rings is 2. The number of hydrogen-bond acceptors (Lipinski definition) is 4. The third kappa shape index (κ3) is 5.00. The van der Waals surface area contributed by atoms with Crippen LogP contribution in [0.25, 0.3) is 0 Å². The maximum absolute atomic E-state index is 13.1. The van der Waals surface area contributed by atoms with Crippen molar-refractivity contribution in [3.05, 3.63) is 65.2 Å². The van der Waals surface area contributed by atoms with Gasteiger partial charge >= 0.3 is 12.4 Å². The minimum atomic E-state index is -4.84. The zero-order chi connectivity index (χ0) is 24.7. The van der Waals surface area contributed by atoms with Gasteiger partial charge in [-0.15, -0.1) is 13.2 Å². The van der Waals surface area contributed by atoms with Crippen LogP contribution in [-0.2, 0) is 15.1 Å². The fourth-order valence-electron chi connectivity index (χ4n) is 4.07.